The van der Waals surface area contributed by atoms with Gasteiger partial charge in [0.2, 0.25) is 0 Å². The van der Waals surface area contributed by atoms with Crippen molar-refractivity contribution >= 4 is 17.8 Å². The molecule has 1 aliphatic heterocycles. The number of carbonyl (C=O) groups is 2. The van der Waals surface area contributed by atoms with Gasteiger partial charge in [-0.1, -0.05) is 0 Å². The molecule has 2 aromatic rings. The zero-order valence-corrected chi connectivity index (χ0v) is 17.6. The molecule has 1 aromatic carbocycles. The molecule has 0 bridgehead atoms. The van der Waals surface area contributed by atoms with Crippen molar-refractivity contribution in [1.82, 2.24) is 14.7 Å². The summed E-state index contributed by atoms with van der Waals surface area (Å²) in [5.74, 6) is 1.07. The highest BCUT2D eigenvalue weighted by Crippen LogP contribution is 2.27. The van der Waals surface area contributed by atoms with Crippen LogP contribution < -0.4 is 10.1 Å². The van der Waals surface area contributed by atoms with Crippen molar-refractivity contribution in [3.8, 4) is 5.75 Å². The van der Waals surface area contributed by atoms with Crippen LogP contribution >= 0.6 is 0 Å². The van der Waals surface area contributed by atoms with Gasteiger partial charge in [0.1, 0.15) is 17.2 Å². The second-order valence-corrected chi connectivity index (χ2v) is 7.96. The summed E-state index contributed by atoms with van der Waals surface area (Å²) in [7, 11) is 1.78. The number of rotatable bonds is 4. The molecule has 0 aliphatic carbocycles. The fraction of sp³-hybridized carbons (Fsp3) is 0.476. The predicted octanol–water partition coefficient (Wildman–Crippen LogP) is 3.36. The number of ether oxygens (including phenoxy) is 2. The molecule has 2 heterocycles. The standard InChI is InChI=1S/C21H28N4O4/c1-6-28-15-9-7-14(8-10-15)19(26)22-18-16-13-25(20(27)29-21(2,3)4)12-11-17(16)23-24(18)5/h7-10H,6,11-13H2,1-5H3,(H,22,26). The van der Waals surface area contributed by atoms with Crippen LogP contribution in [-0.4, -0.2) is 45.4 Å². The van der Waals surface area contributed by atoms with Crippen LogP contribution in [0, 0.1) is 0 Å². The first kappa shape index (κ1) is 20.7. The van der Waals surface area contributed by atoms with E-state index < -0.39 is 5.60 Å². The van der Waals surface area contributed by atoms with Crippen LogP contribution in [0.2, 0.25) is 0 Å². The minimum Gasteiger partial charge on any atom is -0.494 e. The topological polar surface area (TPSA) is 85.7 Å². The molecular weight excluding hydrogens is 372 g/mol. The van der Waals surface area contributed by atoms with Crippen molar-refractivity contribution in [2.24, 2.45) is 7.05 Å². The molecule has 0 saturated heterocycles. The fourth-order valence-electron chi connectivity index (χ4n) is 3.19. The molecule has 156 valence electrons. The van der Waals surface area contributed by atoms with E-state index in [-0.39, 0.29) is 12.0 Å². The summed E-state index contributed by atoms with van der Waals surface area (Å²) in [6.07, 6.45) is 0.247. The summed E-state index contributed by atoms with van der Waals surface area (Å²) >= 11 is 0. The Morgan fingerprint density at radius 3 is 2.52 bits per heavy atom. The number of anilines is 1. The van der Waals surface area contributed by atoms with Crippen molar-refractivity contribution in [1.29, 1.82) is 0 Å². The number of fused-ring (bicyclic) bond motifs is 1. The van der Waals surface area contributed by atoms with Crippen molar-refractivity contribution in [2.75, 3.05) is 18.5 Å². The zero-order valence-electron chi connectivity index (χ0n) is 17.6. The Bertz CT molecular complexity index is 897. The zero-order chi connectivity index (χ0) is 21.2. The van der Waals surface area contributed by atoms with E-state index in [9.17, 15) is 9.59 Å². The minimum atomic E-state index is -0.559. The Labute approximate surface area is 170 Å². The molecule has 0 unspecified atom stereocenters. The molecule has 0 fully saturated rings. The van der Waals surface area contributed by atoms with Gasteiger partial charge in [-0.15, -0.1) is 0 Å². The third kappa shape index (κ3) is 4.88. The summed E-state index contributed by atoms with van der Waals surface area (Å²) in [6.45, 7) is 8.88. The molecule has 8 nitrogen and oxygen atoms in total. The molecule has 0 spiro atoms. The monoisotopic (exact) mass is 400 g/mol. The highest BCUT2D eigenvalue weighted by molar-refractivity contribution is 6.04. The number of hydrogen-bond acceptors (Lipinski definition) is 5. The van der Waals surface area contributed by atoms with Crippen molar-refractivity contribution in [3.05, 3.63) is 41.1 Å². The highest BCUT2D eigenvalue weighted by Gasteiger charge is 2.30. The lowest BCUT2D eigenvalue weighted by atomic mass is 10.1. The number of benzene rings is 1. The van der Waals surface area contributed by atoms with Crippen molar-refractivity contribution < 1.29 is 19.1 Å². The molecule has 0 atom stereocenters. The van der Waals surface area contributed by atoms with Crippen LogP contribution in [0.3, 0.4) is 0 Å². The van der Waals surface area contributed by atoms with E-state index >= 15 is 0 Å². The second-order valence-electron chi connectivity index (χ2n) is 7.96. The number of aromatic nitrogens is 2. The molecule has 0 radical (unpaired) electrons. The van der Waals surface area contributed by atoms with Crippen LogP contribution in [0.5, 0.6) is 5.75 Å². The molecule has 1 aromatic heterocycles. The van der Waals surface area contributed by atoms with Crippen molar-refractivity contribution in [2.45, 2.75) is 46.3 Å². The largest absolute Gasteiger partial charge is 0.494 e. The number of aryl methyl sites for hydroxylation is 1. The van der Waals surface area contributed by atoms with Gasteiger partial charge in [-0.3, -0.25) is 9.48 Å². The van der Waals surface area contributed by atoms with E-state index in [0.717, 1.165) is 17.0 Å². The lowest BCUT2D eigenvalue weighted by Gasteiger charge is -2.29. The van der Waals surface area contributed by atoms with Gasteiger partial charge in [0, 0.05) is 31.1 Å². The fourth-order valence-corrected chi connectivity index (χ4v) is 3.19. The summed E-state index contributed by atoms with van der Waals surface area (Å²) < 4.78 is 12.5. The van der Waals surface area contributed by atoms with E-state index in [2.05, 4.69) is 10.4 Å². The molecule has 29 heavy (non-hydrogen) atoms. The molecule has 2 amide bonds. The van der Waals surface area contributed by atoms with E-state index in [1.54, 1.807) is 40.9 Å². The third-order valence-corrected chi connectivity index (χ3v) is 4.51. The molecular formula is C21H28N4O4. The molecule has 8 heteroatoms. The smallest absolute Gasteiger partial charge is 0.410 e. The number of nitrogens with zero attached hydrogens (tertiary/aromatic N) is 3. The maximum Gasteiger partial charge on any atom is 0.410 e. The van der Waals surface area contributed by atoms with Gasteiger partial charge in [-0.25, -0.2) is 4.79 Å². The maximum atomic E-state index is 12.7. The molecule has 1 N–H and O–H groups in total. The number of hydrogen-bond donors (Lipinski definition) is 1. The van der Waals surface area contributed by atoms with Gasteiger partial charge >= 0.3 is 6.09 Å². The Morgan fingerprint density at radius 2 is 1.90 bits per heavy atom. The average Bonchev–Trinajstić information content (AvgIpc) is 2.96. The van der Waals surface area contributed by atoms with E-state index in [0.29, 0.717) is 37.5 Å². The quantitative estimate of drug-likeness (QED) is 0.850. The summed E-state index contributed by atoms with van der Waals surface area (Å²) in [5.41, 5.74) is 1.68. The Kier molecular flexibility index (Phi) is 5.81. The predicted molar refractivity (Wildman–Crippen MR) is 109 cm³/mol. The van der Waals surface area contributed by atoms with Crippen LogP contribution in [-0.2, 0) is 24.8 Å². The number of nitrogens with one attached hydrogen (secondary N) is 1. The van der Waals surface area contributed by atoms with E-state index in [1.165, 1.54) is 0 Å². The Hall–Kier alpha value is -3.03. The van der Waals surface area contributed by atoms with Crippen molar-refractivity contribution in [3.63, 3.8) is 0 Å². The van der Waals surface area contributed by atoms with Crippen LogP contribution in [0.15, 0.2) is 24.3 Å². The number of amides is 2. The minimum absolute atomic E-state index is 0.242. The van der Waals surface area contributed by atoms with Gasteiger partial charge in [-0.2, -0.15) is 5.10 Å². The number of carbonyl (C=O) groups excluding carboxylic acids is 2. The first-order valence-electron chi connectivity index (χ1n) is 9.75. The first-order valence-corrected chi connectivity index (χ1v) is 9.75. The summed E-state index contributed by atoms with van der Waals surface area (Å²) in [6, 6.07) is 6.97. The van der Waals surface area contributed by atoms with E-state index in [1.807, 2.05) is 27.7 Å². The van der Waals surface area contributed by atoms with Gasteiger partial charge in [0.05, 0.1) is 18.8 Å². The van der Waals surface area contributed by atoms with Crippen LogP contribution in [0.25, 0.3) is 0 Å². The second kappa shape index (κ2) is 8.14. The molecule has 0 saturated carbocycles. The SMILES string of the molecule is CCOc1ccc(C(=O)Nc2c3c(nn2C)CCN(C(=O)OC(C)(C)C)C3)cc1. The lowest BCUT2D eigenvalue weighted by Crippen LogP contribution is -2.40. The van der Waals surface area contributed by atoms with E-state index in [4.69, 9.17) is 9.47 Å². The van der Waals surface area contributed by atoms with Gasteiger partial charge in [-0.05, 0) is 52.0 Å². The average molecular weight is 400 g/mol. The lowest BCUT2D eigenvalue weighted by molar-refractivity contribution is 0.0224. The summed E-state index contributed by atoms with van der Waals surface area (Å²) in [4.78, 5) is 26.8. The summed E-state index contributed by atoms with van der Waals surface area (Å²) in [5, 5.41) is 7.44. The molecule has 1 aliphatic rings. The Morgan fingerprint density at radius 1 is 1.21 bits per heavy atom. The van der Waals surface area contributed by atoms with Gasteiger partial charge in [0.15, 0.2) is 0 Å². The Balaban J connectivity index is 1.76. The maximum absolute atomic E-state index is 12.7. The van der Waals surface area contributed by atoms with Crippen LogP contribution in [0.4, 0.5) is 10.6 Å². The first-order chi connectivity index (χ1) is 13.7. The highest BCUT2D eigenvalue weighted by atomic mass is 16.6. The normalized spacial score (nSPS) is 13.6. The van der Waals surface area contributed by atoms with Gasteiger partial charge in [0.25, 0.3) is 5.91 Å². The molecule has 3 rings (SSSR count). The van der Waals surface area contributed by atoms with Crippen LogP contribution in [0.1, 0.15) is 49.3 Å². The third-order valence-electron chi connectivity index (χ3n) is 4.51. The van der Waals surface area contributed by atoms with Gasteiger partial charge < -0.3 is 19.7 Å².